The van der Waals surface area contributed by atoms with Crippen LogP contribution in [0.1, 0.15) is 12.5 Å². The van der Waals surface area contributed by atoms with Crippen molar-refractivity contribution in [2.45, 2.75) is 13.0 Å². The third-order valence-corrected chi connectivity index (χ3v) is 4.15. The summed E-state index contributed by atoms with van der Waals surface area (Å²) >= 11 is 0. The second kappa shape index (κ2) is 8.23. The minimum atomic E-state index is -0.470. The number of carbonyl (C=O) groups is 1. The first-order chi connectivity index (χ1) is 13.1. The van der Waals surface area contributed by atoms with Crippen LogP contribution < -0.4 is 15.5 Å². The summed E-state index contributed by atoms with van der Waals surface area (Å²) in [6.45, 7) is 1.77. The number of hydrogen-bond acceptors (Lipinski definition) is 5. The maximum absolute atomic E-state index is 12.3. The van der Waals surface area contributed by atoms with E-state index in [1.54, 1.807) is 19.1 Å². The van der Waals surface area contributed by atoms with Crippen molar-refractivity contribution in [1.29, 1.82) is 0 Å². The highest BCUT2D eigenvalue weighted by molar-refractivity contribution is 5.96. The standard InChI is InChI=1S/C21H21N3O3/c1-14(23-18-9-5-7-16-6-3-4-8-17(16)18)21(26)24-22-13-15-10-11-19(25)20(12-15)27-2/h3-14,23,25H,1-2H3,(H,24,26)/b22-13-/t14-/m1/s1. The number of anilines is 1. The zero-order valence-corrected chi connectivity index (χ0v) is 15.1. The largest absolute Gasteiger partial charge is 0.504 e. The average molecular weight is 363 g/mol. The van der Waals surface area contributed by atoms with Gasteiger partial charge in [-0.15, -0.1) is 0 Å². The molecule has 0 aliphatic rings. The normalized spacial score (nSPS) is 12.1. The van der Waals surface area contributed by atoms with E-state index in [1.807, 2.05) is 42.5 Å². The fourth-order valence-electron chi connectivity index (χ4n) is 2.69. The molecule has 27 heavy (non-hydrogen) atoms. The van der Waals surface area contributed by atoms with E-state index in [0.29, 0.717) is 11.3 Å². The zero-order valence-electron chi connectivity index (χ0n) is 15.1. The lowest BCUT2D eigenvalue weighted by Gasteiger charge is -2.15. The van der Waals surface area contributed by atoms with Crippen molar-refractivity contribution in [1.82, 2.24) is 5.43 Å². The molecule has 0 aliphatic heterocycles. The molecule has 0 heterocycles. The molecule has 0 aromatic heterocycles. The number of phenols is 1. The molecule has 3 aromatic rings. The highest BCUT2D eigenvalue weighted by Crippen LogP contribution is 2.25. The van der Waals surface area contributed by atoms with Crippen LogP contribution in [0.2, 0.25) is 0 Å². The topological polar surface area (TPSA) is 83.0 Å². The SMILES string of the molecule is COc1cc(/C=N\NC(=O)[C@@H](C)Nc2cccc3ccccc23)ccc1O. The maximum atomic E-state index is 12.3. The second-order valence-corrected chi connectivity index (χ2v) is 6.06. The molecular formula is C21H21N3O3. The second-order valence-electron chi connectivity index (χ2n) is 6.06. The summed E-state index contributed by atoms with van der Waals surface area (Å²) in [5.41, 5.74) is 4.10. The number of hydrazone groups is 1. The first-order valence-electron chi connectivity index (χ1n) is 8.52. The van der Waals surface area contributed by atoms with Gasteiger partial charge in [0.1, 0.15) is 6.04 Å². The van der Waals surface area contributed by atoms with E-state index in [0.717, 1.165) is 16.5 Å². The molecule has 1 atom stereocenters. The molecule has 0 unspecified atom stereocenters. The summed E-state index contributed by atoms with van der Waals surface area (Å²) in [4.78, 5) is 12.3. The van der Waals surface area contributed by atoms with Crippen LogP contribution in [0.25, 0.3) is 10.8 Å². The summed E-state index contributed by atoms with van der Waals surface area (Å²) in [7, 11) is 1.47. The number of nitrogens with zero attached hydrogens (tertiary/aromatic N) is 1. The molecule has 138 valence electrons. The van der Waals surface area contributed by atoms with Gasteiger partial charge in [-0.1, -0.05) is 36.4 Å². The third kappa shape index (κ3) is 4.36. The Bertz CT molecular complexity index is 980. The van der Waals surface area contributed by atoms with Gasteiger partial charge in [0.25, 0.3) is 5.91 Å². The number of nitrogens with one attached hydrogen (secondary N) is 2. The fourth-order valence-corrected chi connectivity index (χ4v) is 2.69. The van der Waals surface area contributed by atoms with Gasteiger partial charge in [-0.2, -0.15) is 5.10 Å². The van der Waals surface area contributed by atoms with Crippen molar-refractivity contribution in [2.75, 3.05) is 12.4 Å². The molecule has 6 nitrogen and oxygen atoms in total. The Morgan fingerprint density at radius 2 is 1.93 bits per heavy atom. The lowest BCUT2D eigenvalue weighted by Crippen LogP contribution is -2.34. The maximum Gasteiger partial charge on any atom is 0.262 e. The van der Waals surface area contributed by atoms with Gasteiger partial charge in [0.2, 0.25) is 0 Å². The van der Waals surface area contributed by atoms with E-state index < -0.39 is 6.04 Å². The molecule has 6 heteroatoms. The van der Waals surface area contributed by atoms with Gasteiger partial charge in [-0.25, -0.2) is 5.43 Å². The summed E-state index contributed by atoms with van der Waals surface area (Å²) in [6, 6.07) is 18.2. The number of aromatic hydroxyl groups is 1. The van der Waals surface area contributed by atoms with E-state index in [1.165, 1.54) is 19.4 Å². The lowest BCUT2D eigenvalue weighted by molar-refractivity contribution is -0.121. The minimum absolute atomic E-state index is 0.0478. The zero-order chi connectivity index (χ0) is 19.2. The minimum Gasteiger partial charge on any atom is -0.504 e. The van der Waals surface area contributed by atoms with Crippen LogP contribution in [0.5, 0.6) is 11.5 Å². The van der Waals surface area contributed by atoms with Crippen molar-refractivity contribution in [2.24, 2.45) is 5.10 Å². The molecule has 3 rings (SSSR count). The van der Waals surface area contributed by atoms with Gasteiger partial charge in [-0.05, 0) is 42.1 Å². The van der Waals surface area contributed by atoms with Crippen LogP contribution >= 0.6 is 0 Å². The number of fused-ring (bicyclic) bond motifs is 1. The first-order valence-corrected chi connectivity index (χ1v) is 8.52. The van der Waals surface area contributed by atoms with Crippen LogP contribution in [0.4, 0.5) is 5.69 Å². The number of rotatable bonds is 6. The van der Waals surface area contributed by atoms with E-state index in [4.69, 9.17) is 4.74 Å². The van der Waals surface area contributed by atoms with Gasteiger partial charge in [0, 0.05) is 11.1 Å². The predicted octanol–water partition coefficient (Wildman–Crippen LogP) is 3.50. The number of ether oxygens (including phenoxy) is 1. The summed E-state index contributed by atoms with van der Waals surface area (Å²) in [5, 5.41) is 18.9. The van der Waals surface area contributed by atoms with E-state index in [9.17, 15) is 9.90 Å². The van der Waals surface area contributed by atoms with Gasteiger partial charge >= 0.3 is 0 Å². The van der Waals surface area contributed by atoms with E-state index in [-0.39, 0.29) is 11.7 Å². The van der Waals surface area contributed by atoms with Crippen molar-refractivity contribution in [3.05, 3.63) is 66.2 Å². The molecule has 0 bridgehead atoms. The van der Waals surface area contributed by atoms with Crippen molar-refractivity contribution in [3.63, 3.8) is 0 Å². The van der Waals surface area contributed by atoms with E-state index in [2.05, 4.69) is 15.8 Å². The summed E-state index contributed by atoms with van der Waals surface area (Å²) < 4.78 is 5.04. The number of methoxy groups -OCH3 is 1. The number of phenolic OH excluding ortho intramolecular Hbond substituents is 1. The van der Waals surface area contributed by atoms with Crippen molar-refractivity contribution in [3.8, 4) is 11.5 Å². The van der Waals surface area contributed by atoms with Gasteiger partial charge in [0.15, 0.2) is 11.5 Å². The monoisotopic (exact) mass is 363 g/mol. The molecule has 0 saturated heterocycles. The molecular weight excluding hydrogens is 342 g/mol. The molecule has 0 spiro atoms. The molecule has 0 saturated carbocycles. The Balaban J connectivity index is 1.64. The molecule has 1 amide bonds. The highest BCUT2D eigenvalue weighted by atomic mass is 16.5. The highest BCUT2D eigenvalue weighted by Gasteiger charge is 2.13. The Labute approximate surface area is 157 Å². The van der Waals surface area contributed by atoms with Gasteiger partial charge in [0.05, 0.1) is 13.3 Å². The lowest BCUT2D eigenvalue weighted by atomic mass is 10.1. The van der Waals surface area contributed by atoms with Crippen LogP contribution in [-0.2, 0) is 4.79 Å². The smallest absolute Gasteiger partial charge is 0.262 e. The Hall–Kier alpha value is -3.54. The quantitative estimate of drug-likeness (QED) is 0.462. The molecule has 0 aliphatic carbocycles. The summed E-state index contributed by atoms with van der Waals surface area (Å²) in [6.07, 6.45) is 1.49. The summed E-state index contributed by atoms with van der Waals surface area (Å²) in [5.74, 6) is 0.132. The fraction of sp³-hybridized carbons (Fsp3) is 0.143. The Morgan fingerprint density at radius 3 is 2.74 bits per heavy atom. The van der Waals surface area contributed by atoms with Crippen LogP contribution in [0, 0.1) is 0 Å². The third-order valence-electron chi connectivity index (χ3n) is 4.15. The molecule has 3 N–H and O–H groups in total. The van der Waals surface area contributed by atoms with Crippen LogP contribution in [0.3, 0.4) is 0 Å². The number of hydrogen-bond donors (Lipinski definition) is 3. The molecule has 3 aromatic carbocycles. The van der Waals surface area contributed by atoms with E-state index >= 15 is 0 Å². The number of carbonyl (C=O) groups excluding carboxylic acids is 1. The average Bonchev–Trinajstić information content (AvgIpc) is 2.69. The van der Waals surface area contributed by atoms with Gasteiger partial charge < -0.3 is 15.2 Å². The van der Waals surface area contributed by atoms with Crippen LogP contribution in [0.15, 0.2) is 65.8 Å². The Kier molecular flexibility index (Phi) is 5.56. The van der Waals surface area contributed by atoms with Gasteiger partial charge in [-0.3, -0.25) is 4.79 Å². The Morgan fingerprint density at radius 1 is 1.15 bits per heavy atom. The molecule has 0 fully saturated rings. The van der Waals surface area contributed by atoms with Crippen molar-refractivity contribution < 1.29 is 14.6 Å². The predicted molar refractivity (Wildman–Crippen MR) is 107 cm³/mol. The van der Waals surface area contributed by atoms with Crippen LogP contribution in [-0.4, -0.2) is 30.4 Å². The molecule has 0 radical (unpaired) electrons. The number of benzene rings is 3. The first kappa shape index (κ1) is 18.3. The number of amides is 1. The van der Waals surface area contributed by atoms with Crippen molar-refractivity contribution >= 4 is 28.6 Å².